The van der Waals surface area contributed by atoms with Crippen LogP contribution in [0.25, 0.3) is 0 Å². The molecule has 0 saturated carbocycles. The lowest BCUT2D eigenvalue weighted by Crippen LogP contribution is -2.07. The molecule has 0 amide bonds. The third-order valence-corrected chi connectivity index (χ3v) is 3.45. The molecule has 21 heavy (non-hydrogen) atoms. The van der Waals surface area contributed by atoms with Crippen molar-refractivity contribution in [2.45, 2.75) is 37.8 Å². The number of H-pyrrole nitrogens is 1. The molecule has 0 atom stereocenters. The minimum Gasteiger partial charge on any atom is -0.491 e. The highest BCUT2D eigenvalue weighted by Gasteiger charge is 2.14. The fourth-order valence-electron chi connectivity index (χ4n) is 1.69. The summed E-state index contributed by atoms with van der Waals surface area (Å²) in [5, 5.41) is 18.3. The van der Waals surface area contributed by atoms with Crippen molar-refractivity contribution in [1.29, 1.82) is 0 Å². The van der Waals surface area contributed by atoms with Gasteiger partial charge in [-0.05, 0) is 26.8 Å². The SMILES string of the molecule is Cc1nc(SCc2cc([N+](=O)[O-])ccc2OC(C)C)n[nH]1. The number of nitro groups is 1. The summed E-state index contributed by atoms with van der Waals surface area (Å²) < 4.78 is 5.69. The zero-order valence-corrected chi connectivity index (χ0v) is 12.8. The number of non-ortho nitro benzene ring substituents is 1. The molecular weight excluding hydrogens is 292 g/mol. The van der Waals surface area contributed by atoms with Crippen LogP contribution in [0, 0.1) is 17.0 Å². The van der Waals surface area contributed by atoms with Crippen LogP contribution in [-0.2, 0) is 5.75 Å². The first kappa shape index (κ1) is 15.3. The molecule has 8 heteroatoms. The summed E-state index contributed by atoms with van der Waals surface area (Å²) in [6.07, 6.45) is 0.000888. The summed E-state index contributed by atoms with van der Waals surface area (Å²) >= 11 is 1.40. The maximum atomic E-state index is 10.9. The summed E-state index contributed by atoms with van der Waals surface area (Å²) in [5.74, 6) is 1.88. The molecule has 1 N–H and O–H groups in total. The van der Waals surface area contributed by atoms with Crippen LogP contribution >= 0.6 is 11.8 Å². The third-order valence-electron chi connectivity index (χ3n) is 2.55. The van der Waals surface area contributed by atoms with Crippen molar-refractivity contribution in [3.63, 3.8) is 0 Å². The van der Waals surface area contributed by atoms with Crippen molar-refractivity contribution < 1.29 is 9.66 Å². The molecule has 112 valence electrons. The van der Waals surface area contributed by atoms with Crippen LogP contribution in [0.3, 0.4) is 0 Å². The highest BCUT2D eigenvalue weighted by atomic mass is 32.2. The Labute approximate surface area is 126 Å². The van der Waals surface area contributed by atoms with Crippen LogP contribution in [0.4, 0.5) is 5.69 Å². The van der Waals surface area contributed by atoms with E-state index in [1.54, 1.807) is 6.07 Å². The molecule has 0 aliphatic rings. The topological polar surface area (TPSA) is 93.9 Å². The van der Waals surface area contributed by atoms with E-state index in [2.05, 4.69) is 15.2 Å². The van der Waals surface area contributed by atoms with E-state index >= 15 is 0 Å². The normalized spacial score (nSPS) is 10.9. The second-order valence-corrected chi connectivity index (χ2v) is 5.65. The van der Waals surface area contributed by atoms with E-state index in [1.807, 2.05) is 20.8 Å². The Morgan fingerprint density at radius 1 is 1.48 bits per heavy atom. The van der Waals surface area contributed by atoms with Crippen molar-refractivity contribution in [2.24, 2.45) is 0 Å². The predicted molar refractivity (Wildman–Crippen MR) is 79.5 cm³/mol. The first-order valence-electron chi connectivity index (χ1n) is 6.41. The molecule has 2 rings (SSSR count). The average Bonchev–Trinajstić information content (AvgIpc) is 2.82. The summed E-state index contributed by atoms with van der Waals surface area (Å²) in [6.45, 7) is 5.64. The van der Waals surface area contributed by atoms with Gasteiger partial charge in [0.15, 0.2) is 0 Å². The molecular formula is C13H16N4O3S. The number of hydrogen-bond donors (Lipinski definition) is 1. The maximum absolute atomic E-state index is 10.9. The number of ether oxygens (including phenoxy) is 1. The number of benzene rings is 1. The molecule has 0 unspecified atom stereocenters. The highest BCUT2D eigenvalue weighted by Crippen LogP contribution is 2.30. The van der Waals surface area contributed by atoms with E-state index in [0.717, 1.165) is 11.4 Å². The van der Waals surface area contributed by atoms with Gasteiger partial charge in [-0.1, -0.05) is 11.8 Å². The van der Waals surface area contributed by atoms with Gasteiger partial charge >= 0.3 is 0 Å². The van der Waals surface area contributed by atoms with Crippen molar-refractivity contribution in [3.05, 3.63) is 39.7 Å². The molecule has 0 fully saturated rings. The second kappa shape index (κ2) is 6.57. The zero-order chi connectivity index (χ0) is 15.4. The molecule has 0 spiro atoms. The third kappa shape index (κ3) is 4.19. The van der Waals surface area contributed by atoms with E-state index in [0.29, 0.717) is 16.7 Å². The van der Waals surface area contributed by atoms with E-state index < -0.39 is 4.92 Å². The Morgan fingerprint density at radius 2 is 2.24 bits per heavy atom. The monoisotopic (exact) mass is 308 g/mol. The highest BCUT2D eigenvalue weighted by molar-refractivity contribution is 7.98. The molecule has 0 radical (unpaired) electrons. The van der Waals surface area contributed by atoms with Crippen LogP contribution < -0.4 is 4.74 Å². The standard InChI is InChI=1S/C13H16N4O3S/c1-8(2)20-12-5-4-11(17(18)19)6-10(12)7-21-13-14-9(3)15-16-13/h4-6,8H,7H2,1-3H3,(H,14,15,16). The van der Waals surface area contributed by atoms with Gasteiger partial charge in [-0.2, -0.15) is 0 Å². The van der Waals surface area contributed by atoms with Gasteiger partial charge in [0.1, 0.15) is 11.6 Å². The lowest BCUT2D eigenvalue weighted by molar-refractivity contribution is -0.384. The van der Waals surface area contributed by atoms with E-state index in [9.17, 15) is 10.1 Å². The molecule has 0 bridgehead atoms. The molecule has 1 aromatic heterocycles. The zero-order valence-electron chi connectivity index (χ0n) is 12.0. The molecule has 1 aromatic carbocycles. The Kier molecular flexibility index (Phi) is 4.79. The molecule has 2 aromatic rings. The van der Waals surface area contributed by atoms with Gasteiger partial charge < -0.3 is 4.74 Å². The molecule has 0 saturated heterocycles. The Bertz CT molecular complexity index is 642. The summed E-state index contributed by atoms with van der Waals surface area (Å²) in [6, 6.07) is 4.62. The number of rotatable bonds is 6. The first-order chi connectivity index (χ1) is 9.95. The predicted octanol–water partition coefficient (Wildman–Crippen LogP) is 3.10. The number of aryl methyl sites for hydroxylation is 1. The fraction of sp³-hybridized carbons (Fsp3) is 0.385. The van der Waals surface area contributed by atoms with Gasteiger partial charge in [0, 0.05) is 23.4 Å². The molecule has 0 aliphatic heterocycles. The summed E-state index contributed by atoms with van der Waals surface area (Å²) in [5.41, 5.74) is 0.804. The van der Waals surface area contributed by atoms with Crippen molar-refractivity contribution in [1.82, 2.24) is 15.2 Å². The van der Waals surface area contributed by atoms with Gasteiger partial charge in [0.2, 0.25) is 5.16 Å². The van der Waals surface area contributed by atoms with Gasteiger partial charge in [-0.15, -0.1) is 5.10 Å². The number of aromatic nitrogens is 3. The van der Waals surface area contributed by atoms with Crippen molar-refractivity contribution >= 4 is 17.4 Å². The van der Waals surface area contributed by atoms with Crippen molar-refractivity contribution in [3.8, 4) is 5.75 Å². The fourth-order valence-corrected chi connectivity index (χ4v) is 2.51. The quantitative estimate of drug-likeness (QED) is 0.500. The smallest absolute Gasteiger partial charge is 0.270 e. The van der Waals surface area contributed by atoms with Crippen LogP contribution in [0.2, 0.25) is 0 Å². The van der Waals surface area contributed by atoms with Crippen molar-refractivity contribution in [2.75, 3.05) is 0 Å². The lowest BCUT2D eigenvalue weighted by atomic mass is 10.2. The Morgan fingerprint density at radius 3 is 2.81 bits per heavy atom. The number of thioether (sulfide) groups is 1. The second-order valence-electron chi connectivity index (χ2n) is 4.71. The maximum Gasteiger partial charge on any atom is 0.270 e. The van der Waals surface area contributed by atoms with Crippen LogP contribution in [0.1, 0.15) is 25.2 Å². The number of nitrogens with one attached hydrogen (secondary N) is 1. The Balaban J connectivity index is 2.20. The largest absolute Gasteiger partial charge is 0.491 e. The average molecular weight is 308 g/mol. The van der Waals surface area contributed by atoms with Gasteiger partial charge in [0.25, 0.3) is 5.69 Å². The number of aromatic amines is 1. The number of nitrogens with zero attached hydrogens (tertiary/aromatic N) is 3. The number of hydrogen-bond acceptors (Lipinski definition) is 6. The van der Waals surface area contributed by atoms with Crippen LogP contribution in [-0.4, -0.2) is 26.2 Å². The Hall–Kier alpha value is -2.09. The van der Waals surface area contributed by atoms with Crippen LogP contribution in [0.5, 0.6) is 5.75 Å². The van der Waals surface area contributed by atoms with Gasteiger partial charge in [0.05, 0.1) is 11.0 Å². The first-order valence-corrected chi connectivity index (χ1v) is 7.40. The molecule has 0 aliphatic carbocycles. The number of nitro benzene ring substituents is 1. The molecule has 7 nitrogen and oxygen atoms in total. The van der Waals surface area contributed by atoms with E-state index in [4.69, 9.17) is 4.74 Å². The van der Waals surface area contributed by atoms with Gasteiger partial charge in [-0.25, -0.2) is 4.98 Å². The minimum atomic E-state index is -0.412. The minimum absolute atomic E-state index is 0.000888. The van der Waals surface area contributed by atoms with E-state index in [-0.39, 0.29) is 11.8 Å². The lowest BCUT2D eigenvalue weighted by Gasteiger charge is -2.13. The van der Waals surface area contributed by atoms with Crippen LogP contribution in [0.15, 0.2) is 23.4 Å². The summed E-state index contributed by atoms with van der Waals surface area (Å²) in [7, 11) is 0. The van der Waals surface area contributed by atoms with E-state index in [1.165, 1.54) is 23.9 Å². The molecule has 1 heterocycles. The summed E-state index contributed by atoms with van der Waals surface area (Å²) in [4.78, 5) is 14.7. The van der Waals surface area contributed by atoms with Gasteiger partial charge in [-0.3, -0.25) is 15.2 Å².